The van der Waals surface area contributed by atoms with E-state index in [9.17, 15) is 14.1 Å². The van der Waals surface area contributed by atoms with Gasteiger partial charge in [0, 0.05) is 26.2 Å². The van der Waals surface area contributed by atoms with E-state index >= 15 is 0 Å². The Morgan fingerprint density at radius 2 is 2.10 bits per heavy atom. The summed E-state index contributed by atoms with van der Waals surface area (Å²) in [6.07, 6.45) is 1.29. The molecule has 160 valence electrons. The van der Waals surface area contributed by atoms with Crippen LogP contribution >= 0.6 is 11.6 Å². The summed E-state index contributed by atoms with van der Waals surface area (Å²) in [5.74, 6) is -0.682. The van der Waals surface area contributed by atoms with E-state index in [-0.39, 0.29) is 39.8 Å². The summed E-state index contributed by atoms with van der Waals surface area (Å²) in [6, 6.07) is 1.31. The molecule has 2 heterocycles. The van der Waals surface area contributed by atoms with Crippen LogP contribution in [0.3, 0.4) is 0 Å². The minimum absolute atomic E-state index is 0.0448. The third-order valence-electron chi connectivity index (χ3n) is 4.30. The summed E-state index contributed by atoms with van der Waals surface area (Å²) in [4.78, 5) is 32.9. The van der Waals surface area contributed by atoms with Crippen molar-refractivity contribution in [3.8, 4) is 0 Å². The molecule has 1 fully saturated rings. The maximum Gasteiger partial charge on any atom is 0.272 e. The van der Waals surface area contributed by atoms with Crippen LogP contribution in [0, 0.1) is 0 Å². The molecule has 0 bridgehead atoms. The molecule has 1 unspecified atom stereocenters. The number of morpholine rings is 1. The Labute approximate surface area is 179 Å². The Hall–Kier alpha value is -1.68. The molecule has 8 nitrogen and oxygen atoms in total. The second-order valence-corrected chi connectivity index (χ2v) is 10.3. The van der Waals surface area contributed by atoms with Gasteiger partial charge in [-0.2, -0.15) is 0 Å². The van der Waals surface area contributed by atoms with Crippen molar-refractivity contribution in [2.24, 2.45) is 4.40 Å². The van der Waals surface area contributed by atoms with Gasteiger partial charge in [-0.25, -0.2) is 4.98 Å². The second-order valence-electron chi connectivity index (χ2n) is 7.98. The van der Waals surface area contributed by atoms with E-state index in [1.54, 1.807) is 39.8 Å². The molecule has 1 aromatic heterocycles. The molecule has 2 amide bonds. The van der Waals surface area contributed by atoms with Crippen molar-refractivity contribution in [2.75, 3.05) is 33.9 Å². The van der Waals surface area contributed by atoms with Crippen LogP contribution < -0.4 is 0 Å². The van der Waals surface area contributed by atoms with Gasteiger partial charge in [0.15, 0.2) is 0 Å². The van der Waals surface area contributed by atoms with Crippen molar-refractivity contribution in [2.45, 2.75) is 38.5 Å². The van der Waals surface area contributed by atoms with Gasteiger partial charge in [-0.15, -0.1) is 0 Å². The molecule has 29 heavy (non-hydrogen) atoms. The summed E-state index contributed by atoms with van der Waals surface area (Å²) < 4.78 is 21.1. The summed E-state index contributed by atoms with van der Waals surface area (Å²) in [7, 11) is 3.19. The van der Waals surface area contributed by atoms with Gasteiger partial charge in [0.25, 0.3) is 11.8 Å². The first-order valence-electron chi connectivity index (χ1n) is 9.20. The van der Waals surface area contributed by atoms with Gasteiger partial charge in [0.05, 0.1) is 31.0 Å². The van der Waals surface area contributed by atoms with Crippen LogP contribution in [0.5, 0.6) is 0 Å². The molecule has 0 aromatic carbocycles. The molecule has 1 saturated heterocycles. The topological polar surface area (TPSA) is 98.2 Å². The number of nitrogens with zero attached hydrogens (tertiary/aromatic N) is 4. The van der Waals surface area contributed by atoms with E-state index in [1.165, 1.54) is 17.2 Å². The van der Waals surface area contributed by atoms with Gasteiger partial charge in [0.2, 0.25) is 0 Å². The minimum atomic E-state index is -1.53. The molecular weight excluding hydrogens is 416 g/mol. The third kappa shape index (κ3) is 5.69. The standard InChI is InChI=1S/C19H27ClN4O4S/c1-12-11-28-8-7-24(12)18(26)15-9-13(17(25)23(5)6)14(16(20)22-15)10-21-29(27)19(2,3)4/h9-10,12H,7-8,11H2,1-6H3/t12-,29?/m1/s1. The molecule has 2 atom stereocenters. The molecule has 0 spiro atoms. The summed E-state index contributed by atoms with van der Waals surface area (Å²) in [6.45, 7) is 8.56. The van der Waals surface area contributed by atoms with Crippen LogP contribution in [0.15, 0.2) is 10.5 Å². The minimum Gasteiger partial charge on any atom is -0.591 e. The van der Waals surface area contributed by atoms with E-state index in [2.05, 4.69) is 9.38 Å². The van der Waals surface area contributed by atoms with Crippen molar-refractivity contribution in [3.05, 3.63) is 28.0 Å². The quantitative estimate of drug-likeness (QED) is 0.404. The van der Waals surface area contributed by atoms with E-state index in [0.717, 1.165) is 0 Å². The van der Waals surface area contributed by atoms with Crippen molar-refractivity contribution < 1.29 is 18.9 Å². The smallest absolute Gasteiger partial charge is 0.272 e. The molecular formula is C19H27ClN4O4S. The van der Waals surface area contributed by atoms with Gasteiger partial charge in [0.1, 0.15) is 27.0 Å². The lowest BCUT2D eigenvalue weighted by Crippen LogP contribution is -2.47. The van der Waals surface area contributed by atoms with Gasteiger partial charge >= 0.3 is 0 Å². The second kappa shape index (κ2) is 9.42. The highest BCUT2D eigenvalue weighted by molar-refractivity contribution is 7.91. The van der Waals surface area contributed by atoms with Crippen LogP contribution in [0.25, 0.3) is 0 Å². The Balaban J connectivity index is 2.49. The lowest BCUT2D eigenvalue weighted by molar-refractivity contribution is 0.00327. The van der Waals surface area contributed by atoms with Gasteiger partial charge in [-0.1, -0.05) is 16.0 Å². The predicted octanol–water partition coefficient (Wildman–Crippen LogP) is 2.18. The third-order valence-corrected chi connectivity index (χ3v) is 5.93. The molecule has 10 heteroatoms. The number of pyridine rings is 1. The molecule has 0 radical (unpaired) electrons. The highest BCUT2D eigenvalue weighted by Crippen LogP contribution is 2.23. The summed E-state index contributed by atoms with van der Waals surface area (Å²) in [5, 5.41) is -0.0448. The molecule has 1 aromatic rings. The Morgan fingerprint density at radius 3 is 2.66 bits per heavy atom. The first kappa shape index (κ1) is 23.6. The van der Waals surface area contributed by atoms with E-state index in [4.69, 9.17) is 16.3 Å². The highest BCUT2D eigenvalue weighted by Gasteiger charge is 2.29. The van der Waals surface area contributed by atoms with Crippen LogP contribution in [0.2, 0.25) is 5.15 Å². The molecule has 0 saturated carbocycles. The molecule has 0 aliphatic carbocycles. The average molecular weight is 443 g/mol. The van der Waals surface area contributed by atoms with Crippen molar-refractivity contribution in [3.63, 3.8) is 0 Å². The fourth-order valence-electron chi connectivity index (χ4n) is 2.61. The first-order chi connectivity index (χ1) is 13.4. The largest absolute Gasteiger partial charge is 0.591 e. The average Bonchev–Trinajstić information content (AvgIpc) is 2.64. The summed E-state index contributed by atoms with van der Waals surface area (Å²) in [5.41, 5.74) is 0.478. The number of amides is 2. The summed E-state index contributed by atoms with van der Waals surface area (Å²) >= 11 is 4.80. The SMILES string of the molecule is C[C@@H]1COCCN1C(=O)c1cc(C(=O)N(C)C)c(C=N[S+]([O-])C(C)(C)C)c(Cl)n1. The lowest BCUT2D eigenvalue weighted by atomic mass is 10.1. The first-order valence-corrected chi connectivity index (χ1v) is 10.7. The highest BCUT2D eigenvalue weighted by atomic mass is 35.5. The maximum atomic E-state index is 13.0. The van der Waals surface area contributed by atoms with Crippen molar-refractivity contribution in [1.82, 2.24) is 14.8 Å². The zero-order valence-corrected chi connectivity index (χ0v) is 19.1. The van der Waals surface area contributed by atoms with Gasteiger partial charge in [-0.3, -0.25) is 9.59 Å². The van der Waals surface area contributed by atoms with Crippen LogP contribution in [0.1, 0.15) is 54.1 Å². The van der Waals surface area contributed by atoms with Gasteiger partial charge < -0.3 is 19.1 Å². The Morgan fingerprint density at radius 1 is 1.45 bits per heavy atom. The van der Waals surface area contributed by atoms with Crippen LogP contribution in [-0.2, 0) is 16.1 Å². The molecule has 2 rings (SSSR count). The van der Waals surface area contributed by atoms with E-state index in [0.29, 0.717) is 19.8 Å². The fourth-order valence-corrected chi connectivity index (χ4v) is 3.37. The monoisotopic (exact) mass is 442 g/mol. The number of carbonyl (C=O) groups is 2. The number of ether oxygens (including phenoxy) is 1. The molecule has 0 N–H and O–H groups in total. The molecule has 1 aliphatic rings. The Bertz CT molecular complexity index is 810. The predicted molar refractivity (Wildman–Crippen MR) is 114 cm³/mol. The van der Waals surface area contributed by atoms with Crippen molar-refractivity contribution in [1.29, 1.82) is 0 Å². The number of hydrogen-bond acceptors (Lipinski definition) is 6. The van der Waals surface area contributed by atoms with E-state index < -0.39 is 16.1 Å². The number of aromatic nitrogens is 1. The van der Waals surface area contributed by atoms with E-state index in [1.807, 2.05) is 6.92 Å². The zero-order valence-electron chi connectivity index (χ0n) is 17.6. The number of hydrogen-bond donors (Lipinski definition) is 0. The van der Waals surface area contributed by atoms with Crippen LogP contribution in [0.4, 0.5) is 0 Å². The number of rotatable bonds is 4. The van der Waals surface area contributed by atoms with Gasteiger partial charge in [-0.05, 0) is 33.8 Å². The van der Waals surface area contributed by atoms with Crippen molar-refractivity contribution >= 4 is 41.0 Å². The normalized spacial score (nSPS) is 18.8. The number of halogens is 1. The molecule has 1 aliphatic heterocycles. The fraction of sp³-hybridized carbons (Fsp3) is 0.579. The number of carbonyl (C=O) groups excluding carboxylic acids is 2. The Kier molecular flexibility index (Phi) is 7.67. The lowest BCUT2D eigenvalue weighted by Gasteiger charge is -2.33. The maximum absolute atomic E-state index is 13.0. The van der Waals surface area contributed by atoms with Crippen LogP contribution in [-0.4, -0.2) is 82.0 Å². The zero-order chi connectivity index (χ0) is 21.9.